The average molecular weight is 311 g/mol. The van der Waals surface area contributed by atoms with Crippen LogP contribution in [0.25, 0.3) is 0 Å². The lowest BCUT2D eigenvalue weighted by molar-refractivity contribution is 0.0819. The lowest BCUT2D eigenvalue weighted by Crippen LogP contribution is -2.31. The molecule has 0 saturated heterocycles. The Bertz CT molecular complexity index is 677. The van der Waals surface area contributed by atoms with E-state index in [1.807, 2.05) is 6.07 Å². The highest BCUT2D eigenvalue weighted by molar-refractivity contribution is 7.91. The van der Waals surface area contributed by atoms with Gasteiger partial charge in [0.2, 0.25) is 0 Å². The Kier molecular flexibility index (Phi) is 4.18. The van der Waals surface area contributed by atoms with Gasteiger partial charge in [-0.2, -0.15) is 0 Å². The van der Waals surface area contributed by atoms with Crippen molar-refractivity contribution in [1.29, 1.82) is 0 Å². The Morgan fingerprint density at radius 2 is 1.60 bits per heavy atom. The fraction of sp³-hybridized carbons (Fsp3) is 0.200. The molecule has 0 aliphatic heterocycles. The Hall–Kier alpha value is -1.36. The number of hydrogen-bond acceptors (Lipinski definition) is 3. The maximum atomic E-state index is 12.3. The quantitative estimate of drug-likeness (QED) is 0.944. The lowest BCUT2D eigenvalue weighted by Gasteiger charge is -2.23. The van der Waals surface area contributed by atoms with Gasteiger partial charge in [-0.3, -0.25) is 0 Å². The molecule has 106 valence electrons. The Labute approximate surface area is 123 Å². The van der Waals surface area contributed by atoms with Crippen LogP contribution in [0.1, 0.15) is 12.5 Å². The van der Waals surface area contributed by atoms with E-state index >= 15 is 0 Å². The molecule has 0 aromatic heterocycles. The van der Waals surface area contributed by atoms with E-state index in [4.69, 9.17) is 11.6 Å². The second kappa shape index (κ2) is 5.56. The van der Waals surface area contributed by atoms with Crippen LogP contribution in [0.15, 0.2) is 59.5 Å². The van der Waals surface area contributed by atoms with E-state index in [1.165, 1.54) is 31.2 Å². The molecule has 0 unspecified atom stereocenters. The van der Waals surface area contributed by atoms with Gasteiger partial charge in [0.1, 0.15) is 5.60 Å². The topological polar surface area (TPSA) is 54.4 Å². The summed E-state index contributed by atoms with van der Waals surface area (Å²) in [6, 6.07) is 14.7. The molecule has 0 aliphatic rings. The van der Waals surface area contributed by atoms with Crippen molar-refractivity contribution in [2.75, 3.05) is 5.75 Å². The average Bonchev–Trinajstić information content (AvgIpc) is 2.39. The fourth-order valence-corrected chi connectivity index (χ4v) is 3.73. The van der Waals surface area contributed by atoms with Crippen LogP contribution in [0.3, 0.4) is 0 Å². The molecular weight excluding hydrogens is 296 g/mol. The zero-order valence-electron chi connectivity index (χ0n) is 11.0. The van der Waals surface area contributed by atoms with Crippen molar-refractivity contribution < 1.29 is 13.5 Å². The van der Waals surface area contributed by atoms with Gasteiger partial charge in [-0.15, -0.1) is 0 Å². The zero-order chi connectivity index (χ0) is 14.8. The van der Waals surface area contributed by atoms with Gasteiger partial charge < -0.3 is 5.11 Å². The van der Waals surface area contributed by atoms with Crippen LogP contribution in [0, 0.1) is 0 Å². The molecule has 0 bridgehead atoms. The molecule has 2 aromatic rings. The summed E-state index contributed by atoms with van der Waals surface area (Å²) >= 11 is 5.75. The molecular formula is C15H15ClO3S. The van der Waals surface area contributed by atoms with Gasteiger partial charge in [0.25, 0.3) is 0 Å². The summed E-state index contributed by atoms with van der Waals surface area (Å²) in [6.45, 7) is 1.50. The van der Waals surface area contributed by atoms with Crippen molar-refractivity contribution in [2.24, 2.45) is 0 Å². The third kappa shape index (κ3) is 3.39. The minimum atomic E-state index is -3.59. The van der Waals surface area contributed by atoms with E-state index in [1.54, 1.807) is 24.3 Å². The Morgan fingerprint density at radius 1 is 1.05 bits per heavy atom. The molecule has 0 saturated carbocycles. The molecule has 0 amide bonds. The second-order valence-corrected chi connectivity index (χ2v) is 7.28. The van der Waals surface area contributed by atoms with E-state index in [-0.39, 0.29) is 10.6 Å². The zero-order valence-corrected chi connectivity index (χ0v) is 12.5. The highest BCUT2D eigenvalue weighted by Crippen LogP contribution is 2.26. The van der Waals surface area contributed by atoms with Gasteiger partial charge >= 0.3 is 0 Å². The third-order valence-electron chi connectivity index (χ3n) is 3.04. The van der Waals surface area contributed by atoms with Crippen LogP contribution in [-0.2, 0) is 15.4 Å². The first-order valence-electron chi connectivity index (χ1n) is 6.07. The van der Waals surface area contributed by atoms with Crippen LogP contribution in [0.2, 0.25) is 5.02 Å². The van der Waals surface area contributed by atoms with Crippen molar-refractivity contribution in [2.45, 2.75) is 17.4 Å². The van der Waals surface area contributed by atoms with Crippen LogP contribution in [-0.4, -0.2) is 19.3 Å². The molecule has 20 heavy (non-hydrogen) atoms. The molecule has 2 rings (SSSR count). The molecule has 0 radical (unpaired) electrons. The number of rotatable bonds is 4. The van der Waals surface area contributed by atoms with Crippen LogP contribution in [0.5, 0.6) is 0 Å². The molecule has 5 heteroatoms. The Balaban J connectivity index is 2.30. The monoisotopic (exact) mass is 310 g/mol. The van der Waals surface area contributed by atoms with Crippen molar-refractivity contribution in [3.05, 3.63) is 65.2 Å². The predicted molar refractivity (Wildman–Crippen MR) is 79.5 cm³/mol. The first-order chi connectivity index (χ1) is 9.31. The van der Waals surface area contributed by atoms with E-state index in [0.717, 1.165) is 0 Å². The van der Waals surface area contributed by atoms with E-state index in [0.29, 0.717) is 10.6 Å². The minimum absolute atomic E-state index is 0.151. The SMILES string of the molecule is C[C@@](O)(CS(=O)(=O)c1ccc(Cl)cc1)c1ccccc1. The molecule has 0 aliphatic carbocycles. The van der Waals surface area contributed by atoms with Gasteiger partial charge in [-0.1, -0.05) is 41.9 Å². The molecule has 3 nitrogen and oxygen atoms in total. The standard InChI is InChI=1S/C15H15ClO3S/c1-15(17,12-5-3-2-4-6-12)11-20(18,19)14-9-7-13(16)8-10-14/h2-10,17H,11H2,1H3/t15-/m1/s1. The smallest absolute Gasteiger partial charge is 0.181 e. The van der Waals surface area contributed by atoms with Crippen molar-refractivity contribution in [3.8, 4) is 0 Å². The molecule has 1 atom stereocenters. The summed E-state index contributed by atoms with van der Waals surface area (Å²) in [5.41, 5.74) is -0.878. The molecule has 1 N–H and O–H groups in total. The maximum Gasteiger partial charge on any atom is 0.181 e. The van der Waals surface area contributed by atoms with Crippen molar-refractivity contribution >= 4 is 21.4 Å². The van der Waals surface area contributed by atoms with Gasteiger partial charge in [0, 0.05) is 5.02 Å². The molecule has 2 aromatic carbocycles. The number of halogens is 1. The summed E-state index contributed by atoms with van der Waals surface area (Å²) in [5, 5.41) is 10.9. The highest BCUT2D eigenvalue weighted by Gasteiger charge is 2.31. The number of benzene rings is 2. The summed E-state index contributed by atoms with van der Waals surface area (Å²) in [4.78, 5) is 0.151. The predicted octanol–water partition coefficient (Wildman–Crippen LogP) is 3.02. The van der Waals surface area contributed by atoms with Crippen LogP contribution in [0.4, 0.5) is 0 Å². The van der Waals surface area contributed by atoms with E-state index in [9.17, 15) is 13.5 Å². The van der Waals surface area contributed by atoms with Gasteiger partial charge in [0.05, 0.1) is 10.6 Å². The van der Waals surface area contributed by atoms with Crippen molar-refractivity contribution in [3.63, 3.8) is 0 Å². The Morgan fingerprint density at radius 3 is 2.15 bits per heavy atom. The summed E-state index contributed by atoms with van der Waals surface area (Å²) in [5.74, 6) is -0.383. The lowest BCUT2D eigenvalue weighted by atomic mass is 9.99. The number of sulfone groups is 1. The number of hydrogen-bond donors (Lipinski definition) is 1. The summed E-state index contributed by atoms with van der Waals surface area (Å²) in [6.07, 6.45) is 0. The largest absolute Gasteiger partial charge is 0.384 e. The maximum absolute atomic E-state index is 12.3. The van der Waals surface area contributed by atoms with E-state index in [2.05, 4.69) is 0 Å². The first-order valence-corrected chi connectivity index (χ1v) is 8.10. The van der Waals surface area contributed by atoms with Gasteiger partial charge in [-0.25, -0.2) is 8.42 Å². The molecule has 0 spiro atoms. The van der Waals surface area contributed by atoms with Crippen molar-refractivity contribution in [1.82, 2.24) is 0 Å². The van der Waals surface area contributed by atoms with Crippen LogP contribution >= 0.6 is 11.6 Å². The van der Waals surface area contributed by atoms with Crippen LogP contribution < -0.4 is 0 Å². The molecule has 0 heterocycles. The molecule has 0 fully saturated rings. The summed E-state index contributed by atoms with van der Waals surface area (Å²) < 4.78 is 24.7. The number of aliphatic hydroxyl groups is 1. The highest BCUT2D eigenvalue weighted by atomic mass is 35.5. The normalized spacial score (nSPS) is 14.8. The van der Waals surface area contributed by atoms with E-state index < -0.39 is 15.4 Å². The second-order valence-electron chi connectivity index (χ2n) is 4.85. The third-order valence-corrected chi connectivity index (χ3v) is 5.22. The summed E-state index contributed by atoms with van der Waals surface area (Å²) in [7, 11) is -3.59. The fourth-order valence-electron chi connectivity index (χ4n) is 1.98. The van der Waals surface area contributed by atoms with Gasteiger partial charge in [-0.05, 0) is 36.8 Å². The first kappa shape index (κ1) is 15.0. The van der Waals surface area contributed by atoms with Gasteiger partial charge in [0.15, 0.2) is 9.84 Å². The minimum Gasteiger partial charge on any atom is -0.384 e.